The fraction of sp³-hybridized carbons (Fsp3) is 0.310. The number of aryl methyl sites for hydroxylation is 1. The molecule has 0 spiro atoms. The number of benzene rings is 2. The molecule has 1 saturated heterocycles. The fourth-order valence-corrected chi connectivity index (χ4v) is 5.50. The van der Waals surface area contributed by atoms with E-state index in [1.165, 1.54) is 11.8 Å². The summed E-state index contributed by atoms with van der Waals surface area (Å²) in [7, 11) is 1.62. The van der Waals surface area contributed by atoms with Gasteiger partial charge in [0.25, 0.3) is 0 Å². The van der Waals surface area contributed by atoms with E-state index in [1.54, 1.807) is 13.4 Å². The summed E-state index contributed by atoms with van der Waals surface area (Å²) >= 11 is 1.34. The summed E-state index contributed by atoms with van der Waals surface area (Å²) in [6, 6.07) is 19.2. The number of nitrogens with zero attached hydrogens (tertiary/aromatic N) is 5. The van der Waals surface area contributed by atoms with E-state index in [4.69, 9.17) is 9.15 Å². The topological polar surface area (TPSA) is 93.7 Å². The first-order valence-corrected chi connectivity index (χ1v) is 13.8. The van der Waals surface area contributed by atoms with Crippen molar-refractivity contribution < 1.29 is 18.7 Å². The van der Waals surface area contributed by atoms with Crippen LogP contribution in [-0.2, 0) is 16.0 Å². The van der Waals surface area contributed by atoms with Gasteiger partial charge in [-0.15, -0.1) is 10.2 Å². The quantitative estimate of drug-likeness (QED) is 0.306. The van der Waals surface area contributed by atoms with Crippen molar-refractivity contribution in [3.05, 3.63) is 78.1 Å². The van der Waals surface area contributed by atoms with Gasteiger partial charge in [-0.05, 0) is 55.8 Å². The van der Waals surface area contributed by atoms with Gasteiger partial charge in [0.2, 0.25) is 17.6 Å². The zero-order valence-electron chi connectivity index (χ0n) is 22.2. The highest BCUT2D eigenvalue weighted by Gasteiger charge is 2.30. The normalized spacial score (nSPS) is 15.4. The van der Waals surface area contributed by atoms with Crippen molar-refractivity contribution in [2.45, 2.75) is 31.5 Å². The van der Waals surface area contributed by atoms with Crippen LogP contribution < -0.4 is 4.74 Å². The molecule has 202 valence electrons. The van der Waals surface area contributed by atoms with Crippen LogP contribution in [0.3, 0.4) is 0 Å². The van der Waals surface area contributed by atoms with Crippen LogP contribution >= 0.6 is 11.8 Å². The molecule has 1 unspecified atom stereocenters. The number of ether oxygens (including phenoxy) is 1. The van der Waals surface area contributed by atoms with E-state index in [2.05, 4.69) is 10.2 Å². The number of amides is 2. The Balaban J connectivity index is 1.22. The lowest BCUT2D eigenvalue weighted by Crippen LogP contribution is -2.56. The summed E-state index contributed by atoms with van der Waals surface area (Å²) in [5.74, 6) is 2.23. The van der Waals surface area contributed by atoms with Gasteiger partial charge >= 0.3 is 0 Å². The molecule has 9 nitrogen and oxygen atoms in total. The summed E-state index contributed by atoms with van der Waals surface area (Å²) < 4.78 is 12.7. The number of methoxy groups -OCH3 is 1. The van der Waals surface area contributed by atoms with E-state index >= 15 is 0 Å². The highest BCUT2D eigenvalue weighted by molar-refractivity contribution is 7.99. The number of carbonyl (C=O) groups is 2. The number of piperazine rings is 1. The maximum atomic E-state index is 13.2. The van der Waals surface area contributed by atoms with E-state index in [0.717, 1.165) is 22.6 Å². The molecular formula is C29H31N5O4S. The molecular weight excluding hydrogens is 514 g/mol. The fourth-order valence-electron chi connectivity index (χ4n) is 4.65. The maximum Gasteiger partial charge on any atom is 0.233 e. The van der Waals surface area contributed by atoms with Gasteiger partial charge in [-0.1, -0.05) is 41.6 Å². The molecule has 0 radical (unpaired) electrons. The van der Waals surface area contributed by atoms with Gasteiger partial charge in [-0.25, -0.2) is 0 Å². The van der Waals surface area contributed by atoms with Gasteiger partial charge < -0.3 is 19.0 Å². The van der Waals surface area contributed by atoms with Crippen molar-refractivity contribution in [2.24, 2.45) is 0 Å². The third-order valence-corrected chi connectivity index (χ3v) is 7.72. The Hall–Kier alpha value is -4.05. The summed E-state index contributed by atoms with van der Waals surface area (Å²) in [5, 5.41) is 9.34. The van der Waals surface area contributed by atoms with Crippen molar-refractivity contribution >= 4 is 23.6 Å². The molecule has 2 aromatic carbocycles. The second kappa shape index (κ2) is 11.8. The van der Waals surface area contributed by atoms with E-state index in [0.29, 0.717) is 42.8 Å². The Morgan fingerprint density at radius 3 is 2.46 bits per heavy atom. The minimum atomic E-state index is -0.0692. The summed E-state index contributed by atoms with van der Waals surface area (Å²) in [6.07, 6.45) is 1.92. The number of rotatable bonds is 8. The predicted octanol–water partition coefficient (Wildman–Crippen LogP) is 4.24. The van der Waals surface area contributed by atoms with Crippen LogP contribution in [0.5, 0.6) is 5.75 Å². The number of aromatic nitrogens is 3. The van der Waals surface area contributed by atoms with Crippen LogP contribution in [0.4, 0.5) is 0 Å². The highest BCUT2D eigenvalue weighted by Crippen LogP contribution is 2.29. The van der Waals surface area contributed by atoms with E-state index < -0.39 is 0 Å². The van der Waals surface area contributed by atoms with Crippen LogP contribution in [0.15, 0.2) is 76.5 Å². The average Bonchev–Trinajstić information content (AvgIpc) is 3.63. The number of hydrogen-bond acceptors (Lipinski definition) is 7. The summed E-state index contributed by atoms with van der Waals surface area (Å²) in [5.41, 5.74) is 2.98. The molecule has 1 aliphatic heterocycles. The van der Waals surface area contributed by atoms with Gasteiger partial charge in [0, 0.05) is 31.4 Å². The molecule has 0 saturated carbocycles. The number of carbonyl (C=O) groups excluding carboxylic acids is 2. The van der Waals surface area contributed by atoms with Gasteiger partial charge in [-0.3, -0.25) is 14.2 Å². The second-order valence-corrected chi connectivity index (χ2v) is 10.5. The summed E-state index contributed by atoms with van der Waals surface area (Å²) in [4.78, 5) is 29.9. The van der Waals surface area contributed by atoms with Crippen LogP contribution in [-0.4, -0.2) is 74.9 Å². The van der Waals surface area contributed by atoms with Crippen LogP contribution in [0.1, 0.15) is 18.1 Å². The molecule has 4 aromatic rings. The smallest absolute Gasteiger partial charge is 0.233 e. The van der Waals surface area contributed by atoms with Crippen molar-refractivity contribution in [1.82, 2.24) is 24.6 Å². The van der Waals surface area contributed by atoms with Gasteiger partial charge in [0.15, 0.2) is 10.9 Å². The number of hydrogen-bond donors (Lipinski definition) is 0. The first-order valence-electron chi connectivity index (χ1n) is 12.8. The lowest BCUT2D eigenvalue weighted by molar-refractivity contribution is -0.140. The SMILES string of the molecule is COc1ccc(CC(=O)N2CCN(C(=O)CSc3nnc(-c4ccco4)n3-c3ccc(C)cc3)CC2C)cc1. The molecule has 0 bridgehead atoms. The van der Waals surface area contributed by atoms with Crippen LogP contribution in [0.25, 0.3) is 17.3 Å². The third kappa shape index (κ3) is 6.01. The first kappa shape index (κ1) is 26.6. The zero-order chi connectivity index (χ0) is 27.4. The first-order chi connectivity index (χ1) is 18.9. The van der Waals surface area contributed by atoms with Gasteiger partial charge in [0.1, 0.15) is 5.75 Å². The second-order valence-electron chi connectivity index (χ2n) is 9.54. The van der Waals surface area contributed by atoms with Crippen molar-refractivity contribution in [1.29, 1.82) is 0 Å². The monoisotopic (exact) mass is 545 g/mol. The van der Waals surface area contributed by atoms with Gasteiger partial charge in [-0.2, -0.15) is 0 Å². The van der Waals surface area contributed by atoms with E-state index in [1.807, 2.05) is 88.9 Å². The molecule has 5 rings (SSSR count). The Morgan fingerprint density at radius 2 is 1.79 bits per heavy atom. The largest absolute Gasteiger partial charge is 0.497 e. The molecule has 1 aliphatic rings. The average molecular weight is 546 g/mol. The van der Waals surface area contributed by atoms with Gasteiger partial charge in [0.05, 0.1) is 25.5 Å². The standard InChI is InChI=1S/C29H31N5O4S/c1-20-6-10-23(11-7-20)34-28(25-5-4-16-38-25)30-31-29(34)39-19-27(36)32-14-15-33(21(2)18-32)26(35)17-22-8-12-24(37-3)13-9-22/h4-13,16,21H,14-15,17-19H2,1-3H3. The van der Waals surface area contributed by atoms with E-state index in [9.17, 15) is 9.59 Å². The molecule has 2 aromatic heterocycles. The molecule has 10 heteroatoms. The highest BCUT2D eigenvalue weighted by atomic mass is 32.2. The van der Waals surface area contributed by atoms with E-state index in [-0.39, 0.29) is 23.6 Å². The van der Waals surface area contributed by atoms with Crippen molar-refractivity contribution in [3.8, 4) is 23.0 Å². The molecule has 1 atom stereocenters. The molecule has 2 amide bonds. The molecule has 0 aliphatic carbocycles. The summed E-state index contributed by atoms with van der Waals surface area (Å²) in [6.45, 7) is 5.53. The Bertz CT molecular complexity index is 1420. The number of thioether (sulfide) groups is 1. The zero-order valence-corrected chi connectivity index (χ0v) is 23.1. The van der Waals surface area contributed by atoms with Crippen LogP contribution in [0.2, 0.25) is 0 Å². The molecule has 3 heterocycles. The van der Waals surface area contributed by atoms with Crippen LogP contribution in [0, 0.1) is 6.92 Å². The Labute approximate surface area is 231 Å². The maximum absolute atomic E-state index is 13.2. The molecule has 0 N–H and O–H groups in total. The Morgan fingerprint density at radius 1 is 1.03 bits per heavy atom. The molecule has 39 heavy (non-hydrogen) atoms. The predicted molar refractivity (Wildman–Crippen MR) is 149 cm³/mol. The third-order valence-electron chi connectivity index (χ3n) is 6.81. The molecule has 1 fully saturated rings. The lowest BCUT2D eigenvalue weighted by atomic mass is 10.1. The van der Waals surface area contributed by atoms with Crippen molar-refractivity contribution in [3.63, 3.8) is 0 Å². The minimum Gasteiger partial charge on any atom is -0.497 e. The minimum absolute atomic E-state index is 0.00658. The number of furan rings is 1. The lowest BCUT2D eigenvalue weighted by Gasteiger charge is -2.40. The Kier molecular flexibility index (Phi) is 8.02. The van der Waals surface area contributed by atoms with Crippen molar-refractivity contribution in [2.75, 3.05) is 32.5 Å².